The monoisotopic (exact) mass is 287 g/mol. The zero-order valence-electron chi connectivity index (χ0n) is 10.00. The van der Waals surface area contributed by atoms with Gasteiger partial charge >= 0.3 is 0 Å². The number of methoxy groups -OCH3 is 1. The number of halogens is 1. The second-order valence-electron chi connectivity index (χ2n) is 4.23. The second-order valence-corrected chi connectivity index (χ2v) is 5.15. The van der Waals surface area contributed by atoms with Crippen molar-refractivity contribution >= 4 is 15.9 Å². The number of hydrogen-bond acceptors (Lipinski definition) is 3. The maximum Gasteiger partial charge on any atom is 0.0887 e. The number of aromatic nitrogens is 1. The Morgan fingerprint density at radius 1 is 1.38 bits per heavy atom. The fourth-order valence-electron chi connectivity index (χ4n) is 1.09. The van der Waals surface area contributed by atoms with Gasteiger partial charge in [-0.1, -0.05) is 0 Å². The van der Waals surface area contributed by atoms with Gasteiger partial charge in [-0.05, 0) is 48.3 Å². The summed E-state index contributed by atoms with van der Waals surface area (Å²) in [5, 5.41) is 0. The Morgan fingerprint density at radius 3 is 2.69 bits per heavy atom. The maximum atomic E-state index is 5.54. The van der Waals surface area contributed by atoms with Gasteiger partial charge in [0.2, 0.25) is 0 Å². The topological polar surface area (TPSA) is 31.4 Å². The van der Waals surface area contributed by atoms with Crippen LogP contribution in [0.5, 0.6) is 0 Å². The summed E-state index contributed by atoms with van der Waals surface area (Å²) in [6, 6.07) is 3.91. The Bertz CT molecular complexity index is 311. The first-order valence-corrected chi connectivity index (χ1v) is 6.06. The van der Waals surface area contributed by atoms with Crippen molar-refractivity contribution in [3.8, 4) is 0 Å². The molecule has 1 rings (SSSR count). The van der Waals surface area contributed by atoms with E-state index in [9.17, 15) is 0 Å². The van der Waals surface area contributed by atoms with E-state index in [1.165, 1.54) is 0 Å². The molecule has 0 aliphatic heterocycles. The summed E-state index contributed by atoms with van der Waals surface area (Å²) in [5.74, 6) is 0. The summed E-state index contributed by atoms with van der Waals surface area (Å²) in [5.41, 5.74) is 0.825. The Labute approximate surface area is 105 Å². The molecule has 0 spiro atoms. The molecule has 1 aromatic rings. The summed E-state index contributed by atoms with van der Waals surface area (Å²) in [6.07, 6.45) is 2.65. The Balaban J connectivity index is 2.23. The molecular formula is C12H18BrNO2. The van der Waals surface area contributed by atoms with Gasteiger partial charge in [0.05, 0.1) is 17.9 Å². The summed E-state index contributed by atoms with van der Waals surface area (Å²) in [7, 11) is 1.72. The smallest absolute Gasteiger partial charge is 0.0887 e. The normalized spacial score (nSPS) is 11.8. The van der Waals surface area contributed by atoms with Crippen molar-refractivity contribution in [2.45, 2.75) is 32.5 Å². The molecule has 0 radical (unpaired) electrons. The molecule has 3 nitrogen and oxygen atoms in total. The molecule has 0 atom stereocenters. The van der Waals surface area contributed by atoms with Gasteiger partial charge in [0.1, 0.15) is 0 Å². The van der Waals surface area contributed by atoms with Crippen LogP contribution in [0, 0.1) is 0 Å². The van der Waals surface area contributed by atoms with Crippen LogP contribution in [0.1, 0.15) is 26.0 Å². The van der Waals surface area contributed by atoms with E-state index >= 15 is 0 Å². The van der Waals surface area contributed by atoms with E-state index in [0.29, 0.717) is 13.2 Å². The van der Waals surface area contributed by atoms with Gasteiger partial charge < -0.3 is 9.47 Å². The molecule has 4 heteroatoms. The van der Waals surface area contributed by atoms with Gasteiger partial charge in [-0.3, -0.25) is 4.98 Å². The lowest BCUT2D eigenvalue weighted by Gasteiger charge is -2.22. The SMILES string of the molecule is COC(C)(C)CCOCc1ccc(Br)cn1. The van der Waals surface area contributed by atoms with Crippen LogP contribution < -0.4 is 0 Å². The van der Waals surface area contributed by atoms with E-state index in [1.807, 2.05) is 26.0 Å². The fourth-order valence-corrected chi connectivity index (χ4v) is 1.32. The average molecular weight is 288 g/mol. The lowest BCUT2D eigenvalue weighted by molar-refractivity contribution is -0.0128. The molecule has 0 aliphatic rings. The van der Waals surface area contributed by atoms with Crippen molar-refractivity contribution in [2.75, 3.05) is 13.7 Å². The van der Waals surface area contributed by atoms with Gasteiger partial charge in [0, 0.05) is 24.4 Å². The van der Waals surface area contributed by atoms with E-state index < -0.39 is 0 Å². The van der Waals surface area contributed by atoms with E-state index in [-0.39, 0.29) is 5.60 Å². The average Bonchev–Trinajstić information content (AvgIpc) is 2.27. The third-order valence-electron chi connectivity index (χ3n) is 2.44. The number of hydrogen-bond donors (Lipinski definition) is 0. The molecule has 1 aromatic heterocycles. The molecule has 0 aromatic carbocycles. The van der Waals surface area contributed by atoms with Crippen LogP contribution in [0.3, 0.4) is 0 Å². The van der Waals surface area contributed by atoms with Crippen molar-refractivity contribution in [1.82, 2.24) is 4.98 Å². The molecule has 0 N–H and O–H groups in total. The predicted octanol–water partition coefficient (Wildman–Crippen LogP) is 3.18. The lowest BCUT2D eigenvalue weighted by Crippen LogP contribution is -2.24. The number of ether oxygens (including phenoxy) is 2. The molecule has 0 saturated heterocycles. The highest BCUT2D eigenvalue weighted by Gasteiger charge is 2.15. The van der Waals surface area contributed by atoms with Crippen molar-refractivity contribution in [2.24, 2.45) is 0 Å². The molecule has 0 amide bonds. The van der Waals surface area contributed by atoms with Crippen LogP contribution in [0.2, 0.25) is 0 Å². The quantitative estimate of drug-likeness (QED) is 0.753. The minimum absolute atomic E-state index is 0.118. The highest BCUT2D eigenvalue weighted by atomic mass is 79.9. The van der Waals surface area contributed by atoms with E-state index in [4.69, 9.17) is 9.47 Å². The Kier molecular flexibility index (Phi) is 5.38. The second kappa shape index (κ2) is 6.33. The lowest BCUT2D eigenvalue weighted by atomic mass is 10.1. The molecule has 90 valence electrons. The van der Waals surface area contributed by atoms with Gasteiger partial charge in [-0.2, -0.15) is 0 Å². The zero-order valence-corrected chi connectivity index (χ0v) is 11.6. The van der Waals surface area contributed by atoms with Crippen LogP contribution in [-0.4, -0.2) is 24.3 Å². The van der Waals surface area contributed by atoms with Gasteiger partial charge in [0.15, 0.2) is 0 Å². The highest BCUT2D eigenvalue weighted by Crippen LogP contribution is 2.13. The molecular weight excluding hydrogens is 270 g/mol. The van der Waals surface area contributed by atoms with E-state index in [1.54, 1.807) is 13.3 Å². The zero-order chi connectivity index (χ0) is 12.0. The van der Waals surface area contributed by atoms with Gasteiger partial charge in [-0.25, -0.2) is 0 Å². The standard InChI is InChI=1S/C12H18BrNO2/c1-12(2,15-3)6-7-16-9-11-5-4-10(13)8-14-11/h4-5,8H,6-7,9H2,1-3H3. The molecule has 0 unspecified atom stereocenters. The number of rotatable bonds is 6. The molecule has 0 saturated carbocycles. The maximum absolute atomic E-state index is 5.54. The first kappa shape index (κ1) is 13.6. The van der Waals surface area contributed by atoms with Crippen LogP contribution in [0.4, 0.5) is 0 Å². The highest BCUT2D eigenvalue weighted by molar-refractivity contribution is 9.10. The summed E-state index contributed by atoms with van der Waals surface area (Å²) >= 11 is 3.34. The van der Waals surface area contributed by atoms with Gasteiger partial charge in [-0.15, -0.1) is 0 Å². The fraction of sp³-hybridized carbons (Fsp3) is 0.583. The third kappa shape index (κ3) is 5.05. The number of nitrogens with zero attached hydrogens (tertiary/aromatic N) is 1. The summed E-state index contributed by atoms with van der Waals surface area (Å²) in [6.45, 7) is 5.33. The van der Waals surface area contributed by atoms with Gasteiger partial charge in [0.25, 0.3) is 0 Å². The van der Waals surface area contributed by atoms with Crippen LogP contribution in [-0.2, 0) is 16.1 Å². The molecule has 0 bridgehead atoms. The van der Waals surface area contributed by atoms with Crippen molar-refractivity contribution in [3.05, 3.63) is 28.5 Å². The molecule has 0 aliphatic carbocycles. The van der Waals surface area contributed by atoms with Crippen LogP contribution in [0.25, 0.3) is 0 Å². The van der Waals surface area contributed by atoms with Crippen molar-refractivity contribution in [1.29, 1.82) is 0 Å². The minimum Gasteiger partial charge on any atom is -0.379 e. The first-order valence-electron chi connectivity index (χ1n) is 5.27. The minimum atomic E-state index is -0.118. The van der Waals surface area contributed by atoms with Crippen molar-refractivity contribution < 1.29 is 9.47 Å². The van der Waals surface area contributed by atoms with E-state index in [0.717, 1.165) is 16.6 Å². The Morgan fingerprint density at radius 2 is 2.12 bits per heavy atom. The van der Waals surface area contributed by atoms with Crippen molar-refractivity contribution in [3.63, 3.8) is 0 Å². The first-order chi connectivity index (χ1) is 7.53. The number of pyridine rings is 1. The van der Waals surface area contributed by atoms with E-state index in [2.05, 4.69) is 20.9 Å². The molecule has 1 heterocycles. The molecule has 16 heavy (non-hydrogen) atoms. The predicted molar refractivity (Wildman–Crippen MR) is 67.3 cm³/mol. The summed E-state index contributed by atoms with van der Waals surface area (Å²) in [4.78, 5) is 4.23. The molecule has 0 fully saturated rings. The third-order valence-corrected chi connectivity index (χ3v) is 2.91. The van der Waals surface area contributed by atoms with Crippen LogP contribution in [0.15, 0.2) is 22.8 Å². The largest absolute Gasteiger partial charge is 0.379 e. The summed E-state index contributed by atoms with van der Waals surface area (Å²) < 4.78 is 11.8. The Hall–Kier alpha value is -0.450. The van der Waals surface area contributed by atoms with Crippen LogP contribution >= 0.6 is 15.9 Å².